The first-order chi connectivity index (χ1) is 6.00. The van der Waals surface area contributed by atoms with E-state index in [4.69, 9.17) is 0 Å². The average molecular weight is 218 g/mol. The van der Waals surface area contributed by atoms with Crippen LogP contribution >= 0.6 is 10.8 Å². The molecule has 1 aromatic rings. The third-order valence-electron chi connectivity index (χ3n) is 1.62. The Labute approximate surface area is 77.3 Å². The van der Waals surface area contributed by atoms with Crippen LogP contribution in [0.4, 0.5) is 4.39 Å². The van der Waals surface area contributed by atoms with Gasteiger partial charge < -0.3 is 0 Å². The molecule has 0 amide bonds. The molecule has 0 spiro atoms. The normalized spacial score (nSPS) is 18.7. The van der Waals surface area contributed by atoms with Crippen LogP contribution in [0.25, 0.3) is 0 Å². The van der Waals surface area contributed by atoms with Crippen LogP contribution < -0.4 is 0 Å². The standard InChI is InChI=1S/C7H3FO3S2/c8-4-1-2-5-6(3-4)13(10,11)12-7(5)9/h1-3H. The molecule has 0 aromatic heterocycles. The molecule has 0 unspecified atom stereocenters. The van der Waals surface area contributed by atoms with Gasteiger partial charge in [-0.3, -0.25) is 4.79 Å². The number of hydrogen-bond acceptors (Lipinski definition) is 4. The van der Waals surface area contributed by atoms with Crippen LogP contribution in [0.1, 0.15) is 10.4 Å². The van der Waals surface area contributed by atoms with Gasteiger partial charge in [-0.1, -0.05) is 0 Å². The third kappa shape index (κ3) is 1.26. The Morgan fingerprint density at radius 1 is 1.31 bits per heavy atom. The van der Waals surface area contributed by atoms with E-state index in [1.807, 2.05) is 0 Å². The van der Waals surface area contributed by atoms with Crippen molar-refractivity contribution >= 4 is 24.8 Å². The Hall–Kier alpha value is -0.880. The van der Waals surface area contributed by atoms with Gasteiger partial charge in [0.25, 0.3) is 0 Å². The maximum absolute atomic E-state index is 12.6. The highest BCUT2D eigenvalue weighted by molar-refractivity contribution is 8.78. The van der Waals surface area contributed by atoms with Crippen LogP contribution in [-0.2, 0) is 8.87 Å². The summed E-state index contributed by atoms with van der Waals surface area (Å²) >= 11 is 0. The summed E-state index contributed by atoms with van der Waals surface area (Å²) in [5.41, 5.74) is 0.0615. The zero-order valence-electron chi connectivity index (χ0n) is 6.15. The first kappa shape index (κ1) is 8.71. The Bertz CT molecular complexity index is 492. The van der Waals surface area contributed by atoms with Crippen molar-refractivity contribution in [1.82, 2.24) is 0 Å². The van der Waals surface area contributed by atoms with Crippen LogP contribution in [0.5, 0.6) is 0 Å². The van der Waals surface area contributed by atoms with Gasteiger partial charge >= 0.3 is 0 Å². The molecule has 0 fully saturated rings. The van der Waals surface area contributed by atoms with E-state index in [-0.39, 0.29) is 21.3 Å². The molecule has 6 heteroatoms. The summed E-state index contributed by atoms with van der Waals surface area (Å²) in [6, 6.07) is 3.12. The van der Waals surface area contributed by atoms with Crippen LogP contribution in [0.3, 0.4) is 0 Å². The summed E-state index contributed by atoms with van der Waals surface area (Å²) in [7, 11) is -3.42. The lowest BCUT2D eigenvalue weighted by Crippen LogP contribution is -1.91. The van der Waals surface area contributed by atoms with Crippen molar-refractivity contribution in [2.75, 3.05) is 0 Å². The topological polar surface area (TPSA) is 51.2 Å². The smallest absolute Gasteiger partial charge is 0.238 e. The van der Waals surface area contributed by atoms with E-state index in [2.05, 4.69) is 0 Å². The predicted octanol–water partition coefficient (Wildman–Crippen LogP) is 1.40. The number of carbonyl (C=O) groups excluding carboxylic acids is 1. The zero-order chi connectivity index (χ0) is 9.64. The summed E-state index contributed by atoms with van der Waals surface area (Å²) in [6.45, 7) is 0. The second-order valence-electron chi connectivity index (χ2n) is 2.47. The molecule has 0 aliphatic carbocycles. The fourth-order valence-corrected chi connectivity index (χ4v) is 3.92. The van der Waals surface area contributed by atoms with Crippen LogP contribution in [0, 0.1) is 5.82 Å². The van der Waals surface area contributed by atoms with Gasteiger partial charge in [-0.25, -0.2) is 12.8 Å². The average Bonchev–Trinajstić information content (AvgIpc) is 2.23. The Balaban J connectivity index is 2.81. The van der Waals surface area contributed by atoms with Crippen molar-refractivity contribution in [3.63, 3.8) is 0 Å². The number of fused-ring (bicyclic) bond motifs is 1. The van der Waals surface area contributed by atoms with E-state index in [1.165, 1.54) is 6.07 Å². The molecule has 0 bridgehead atoms. The molecular weight excluding hydrogens is 215 g/mol. The molecular formula is C7H3FO3S2. The Morgan fingerprint density at radius 2 is 2.00 bits per heavy atom. The van der Waals surface area contributed by atoms with E-state index in [9.17, 15) is 17.6 Å². The lowest BCUT2D eigenvalue weighted by molar-refractivity contribution is 0.108. The highest BCUT2D eigenvalue weighted by atomic mass is 33.1. The van der Waals surface area contributed by atoms with Crippen molar-refractivity contribution < 1.29 is 17.6 Å². The molecule has 0 atom stereocenters. The van der Waals surface area contributed by atoms with Gasteiger partial charge in [-0.05, 0) is 18.2 Å². The van der Waals surface area contributed by atoms with E-state index < -0.39 is 19.8 Å². The third-order valence-corrected chi connectivity index (χ3v) is 4.74. The van der Waals surface area contributed by atoms with Crippen LogP contribution in [0.15, 0.2) is 23.1 Å². The predicted molar refractivity (Wildman–Crippen MR) is 45.5 cm³/mol. The highest BCUT2D eigenvalue weighted by Gasteiger charge is 2.34. The molecule has 0 saturated heterocycles. The molecule has 3 nitrogen and oxygen atoms in total. The first-order valence-electron chi connectivity index (χ1n) is 3.29. The Morgan fingerprint density at radius 3 is 2.69 bits per heavy atom. The maximum Gasteiger partial charge on any atom is 0.238 e. The second-order valence-corrected chi connectivity index (χ2v) is 6.17. The van der Waals surface area contributed by atoms with Crippen molar-refractivity contribution in [1.29, 1.82) is 0 Å². The summed E-state index contributed by atoms with van der Waals surface area (Å²) in [5.74, 6) is -0.655. The summed E-state index contributed by atoms with van der Waals surface area (Å²) in [4.78, 5) is 10.8. The largest absolute Gasteiger partial charge is 0.280 e. The van der Waals surface area contributed by atoms with Gasteiger partial charge in [-0.15, -0.1) is 0 Å². The SMILES string of the molecule is O=C1SS(=O)(=O)c2cc(F)ccc21. The minimum absolute atomic E-state index is 0.0615. The lowest BCUT2D eigenvalue weighted by atomic mass is 10.2. The van der Waals surface area contributed by atoms with Gasteiger partial charge in [0.1, 0.15) is 5.82 Å². The number of hydrogen-bond donors (Lipinski definition) is 0. The monoisotopic (exact) mass is 218 g/mol. The number of benzene rings is 1. The van der Waals surface area contributed by atoms with Gasteiger partial charge in [-0.2, -0.15) is 0 Å². The number of carbonyl (C=O) groups is 1. The van der Waals surface area contributed by atoms with Crippen molar-refractivity contribution in [2.24, 2.45) is 0 Å². The zero-order valence-corrected chi connectivity index (χ0v) is 7.78. The minimum atomic E-state index is -3.65. The maximum atomic E-state index is 12.6. The molecule has 68 valence electrons. The quantitative estimate of drug-likeness (QED) is 0.618. The van der Waals surface area contributed by atoms with Gasteiger partial charge in [0.2, 0.25) is 14.0 Å². The van der Waals surface area contributed by atoms with E-state index >= 15 is 0 Å². The molecule has 1 aliphatic heterocycles. The second kappa shape index (κ2) is 2.55. The molecule has 1 heterocycles. The van der Waals surface area contributed by atoms with E-state index in [0.29, 0.717) is 0 Å². The highest BCUT2D eigenvalue weighted by Crippen LogP contribution is 2.37. The van der Waals surface area contributed by atoms with Crippen molar-refractivity contribution in [2.45, 2.75) is 4.90 Å². The molecule has 1 aliphatic rings. The fraction of sp³-hybridized carbons (Fsp3) is 0. The summed E-state index contributed by atoms with van der Waals surface area (Å²) < 4.78 is 35.0. The van der Waals surface area contributed by atoms with Gasteiger partial charge in [0, 0.05) is 5.56 Å². The fourth-order valence-electron chi connectivity index (χ4n) is 1.06. The van der Waals surface area contributed by atoms with E-state index in [0.717, 1.165) is 12.1 Å². The Kier molecular flexibility index (Phi) is 1.71. The van der Waals surface area contributed by atoms with Crippen molar-refractivity contribution in [3.8, 4) is 0 Å². The lowest BCUT2D eigenvalue weighted by Gasteiger charge is -1.93. The molecule has 13 heavy (non-hydrogen) atoms. The molecule has 0 saturated carbocycles. The van der Waals surface area contributed by atoms with Gasteiger partial charge in [0.15, 0.2) is 0 Å². The summed E-state index contributed by atoms with van der Waals surface area (Å²) in [6.07, 6.45) is 0. The number of halogens is 1. The molecule has 2 rings (SSSR count). The van der Waals surface area contributed by atoms with Crippen LogP contribution in [0.2, 0.25) is 0 Å². The molecule has 1 aromatic carbocycles. The molecule has 0 N–H and O–H groups in total. The van der Waals surface area contributed by atoms with Crippen molar-refractivity contribution in [3.05, 3.63) is 29.6 Å². The first-order valence-corrected chi connectivity index (χ1v) is 6.11. The van der Waals surface area contributed by atoms with Crippen LogP contribution in [-0.4, -0.2) is 13.5 Å². The molecule has 0 radical (unpaired) electrons. The minimum Gasteiger partial charge on any atom is -0.280 e. The summed E-state index contributed by atoms with van der Waals surface area (Å²) in [5, 5.41) is -0.546. The number of rotatable bonds is 0. The van der Waals surface area contributed by atoms with E-state index in [1.54, 1.807) is 0 Å². The van der Waals surface area contributed by atoms with Gasteiger partial charge in [0.05, 0.1) is 15.7 Å².